The quantitative estimate of drug-likeness (QED) is 0.552. The third kappa shape index (κ3) is 4.45. The summed E-state index contributed by atoms with van der Waals surface area (Å²) < 4.78 is 52.6. The Hall–Kier alpha value is -2.59. The van der Waals surface area contributed by atoms with Crippen LogP contribution in [0.25, 0.3) is 5.65 Å². The van der Waals surface area contributed by atoms with E-state index in [4.69, 9.17) is 21.7 Å². The van der Waals surface area contributed by atoms with E-state index in [9.17, 15) is 13.2 Å². The van der Waals surface area contributed by atoms with Crippen molar-refractivity contribution in [1.29, 1.82) is 0 Å². The van der Waals surface area contributed by atoms with E-state index >= 15 is 0 Å². The molecule has 150 valence electrons. The second kappa shape index (κ2) is 8.19. The number of aromatic nitrogens is 3. The summed E-state index contributed by atoms with van der Waals surface area (Å²) >= 11 is 5.27. The maximum Gasteiger partial charge on any atom is 0.417 e. The fraction of sp³-hybridized carbons (Fsp3) is 0.333. The Morgan fingerprint density at radius 2 is 1.86 bits per heavy atom. The van der Waals surface area contributed by atoms with Crippen LogP contribution in [0.1, 0.15) is 5.56 Å². The van der Waals surface area contributed by atoms with Gasteiger partial charge in [0.15, 0.2) is 17.1 Å². The number of rotatable bonds is 7. The molecule has 2 aromatic heterocycles. The molecular weight excluding hydrogens is 393 g/mol. The molecule has 0 bridgehead atoms. The highest BCUT2D eigenvalue weighted by Gasteiger charge is 2.31. The van der Waals surface area contributed by atoms with Crippen LogP contribution in [0.3, 0.4) is 0 Å². The zero-order valence-electron chi connectivity index (χ0n) is 15.3. The van der Waals surface area contributed by atoms with Crippen molar-refractivity contribution in [2.75, 3.05) is 27.3 Å². The molecule has 0 amide bonds. The van der Waals surface area contributed by atoms with Crippen molar-refractivity contribution in [3.8, 4) is 11.5 Å². The van der Waals surface area contributed by atoms with E-state index in [1.807, 2.05) is 36.2 Å². The molecule has 28 heavy (non-hydrogen) atoms. The van der Waals surface area contributed by atoms with Crippen LogP contribution in [0.2, 0.25) is 0 Å². The largest absolute Gasteiger partial charge is 0.493 e. The van der Waals surface area contributed by atoms with Crippen molar-refractivity contribution in [2.45, 2.75) is 12.8 Å². The number of hydrogen-bond acceptors (Lipinski definition) is 5. The number of pyridine rings is 1. The molecular formula is C18H19F3N4O2S. The first-order valence-electron chi connectivity index (χ1n) is 8.40. The molecule has 10 heteroatoms. The first-order valence-corrected chi connectivity index (χ1v) is 8.81. The van der Waals surface area contributed by atoms with E-state index in [1.165, 1.54) is 15.1 Å². The van der Waals surface area contributed by atoms with Gasteiger partial charge >= 0.3 is 6.18 Å². The predicted molar refractivity (Wildman–Crippen MR) is 100 cm³/mol. The van der Waals surface area contributed by atoms with E-state index in [1.54, 1.807) is 7.11 Å². The van der Waals surface area contributed by atoms with Gasteiger partial charge in [0, 0.05) is 12.7 Å². The van der Waals surface area contributed by atoms with Gasteiger partial charge in [-0.15, -0.1) is 0 Å². The van der Waals surface area contributed by atoms with Gasteiger partial charge in [-0.25, -0.2) is 4.68 Å². The van der Waals surface area contributed by atoms with Crippen molar-refractivity contribution in [3.05, 3.63) is 52.9 Å². The maximum atomic E-state index is 12.9. The number of likely N-dealkylation sites (N-methyl/N-ethyl adjacent to an activating group) is 1. The van der Waals surface area contributed by atoms with Gasteiger partial charge in [0.25, 0.3) is 0 Å². The molecule has 0 N–H and O–H groups in total. The molecule has 0 atom stereocenters. The molecule has 0 radical (unpaired) electrons. The molecule has 0 saturated carbocycles. The average Bonchev–Trinajstić information content (AvgIpc) is 2.96. The second-order valence-corrected chi connectivity index (χ2v) is 6.51. The number of fused-ring (bicyclic) bond motifs is 1. The molecule has 0 spiro atoms. The van der Waals surface area contributed by atoms with Crippen LogP contribution in [0.15, 0.2) is 42.6 Å². The average molecular weight is 412 g/mol. The zero-order chi connectivity index (χ0) is 20.3. The Morgan fingerprint density at radius 1 is 1.14 bits per heavy atom. The van der Waals surface area contributed by atoms with Crippen LogP contribution in [-0.2, 0) is 12.8 Å². The molecule has 0 fully saturated rings. The Morgan fingerprint density at radius 3 is 2.54 bits per heavy atom. The summed E-state index contributed by atoms with van der Waals surface area (Å²) in [5.41, 5.74) is -0.411. The Balaban J connectivity index is 1.65. The third-order valence-electron chi connectivity index (χ3n) is 4.08. The fourth-order valence-corrected chi connectivity index (χ4v) is 2.87. The standard InChI is InChI=1S/C18H19F3N4O2S/c1-23(9-10-27-15-6-4-3-5-14(15)26-2)12-25-17(28)24-11-13(18(19,20)21)7-8-16(24)22-25/h3-8,11H,9-10,12H2,1-2H3. The lowest BCUT2D eigenvalue weighted by molar-refractivity contribution is -0.137. The van der Waals surface area contributed by atoms with Crippen molar-refractivity contribution in [2.24, 2.45) is 0 Å². The minimum absolute atomic E-state index is 0.193. The van der Waals surface area contributed by atoms with Crippen LogP contribution in [0.4, 0.5) is 13.2 Å². The Kier molecular flexibility index (Phi) is 5.90. The summed E-state index contributed by atoms with van der Waals surface area (Å²) in [5, 5.41) is 4.27. The van der Waals surface area contributed by atoms with Gasteiger partial charge in [0.05, 0.1) is 19.3 Å². The van der Waals surface area contributed by atoms with Crippen LogP contribution < -0.4 is 9.47 Å². The number of nitrogens with zero attached hydrogens (tertiary/aromatic N) is 4. The lowest BCUT2D eigenvalue weighted by Gasteiger charge is -2.17. The monoisotopic (exact) mass is 412 g/mol. The number of para-hydroxylation sites is 2. The Bertz CT molecular complexity index is 1020. The lowest BCUT2D eigenvalue weighted by Crippen LogP contribution is -2.27. The summed E-state index contributed by atoms with van der Waals surface area (Å²) in [5.74, 6) is 1.29. The van der Waals surface area contributed by atoms with E-state index in [-0.39, 0.29) is 4.77 Å². The normalized spacial score (nSPS) is 11.9. The van der Waals surface area contributed by atoms with Gasteiger partial charge in [0.2, 0.25) is 4.77 Å². The number of alkyl halides is 3. The first kappa shape index (κ1) is 20.2. The van der Waals surface area contributed by atoms with Crippen molar-refractivity contribution < 1.29 is 22.6 Å². The highest BCUT2D eigenvalue weighted by molar-refractivity contribution is 7.71. The molecule has 3 aromatic rings. The number of methoxy groups -OCH3 is 1. The number of hydrogen-bond donors (Lipinski definition) is 0. The van der Waals surface area contributed by atoms with Gasteiger partial charge in [-0.05, 0) is 43.5 Å². The summed E-state index contributed by atoms with van der Waals surface area (Å²) in [4.78, 5) is 1.91. The van der Waals surface area contributed by atoms with E-state index in [0.29, 0.717) is 37.0 Å². The van der Waals surface area contributed by atoms with Crippen LogP contribution in [0, 0.1) is 4.77 Å². The molecule has 6 nitrogen and oxygen atoms in total. The molecule has 0 unspecified atom stereocenters. The number of halogens is 3. The van der Waals surface area contributed by atoms with Crippen molar-refractivity contribution >= 4 is 17.9 Å². The molecule has 1 aromatic carbocycles. The molecule has 0 aliphatic carbocycles. The first-order chi connectivity index (χ1) is 13.3. The van der Waals surface area contributed by atoms with E-state index < -0.39 is 11.7 Å². The van der Waals surface area contributed by atoms with E-state index in [0.717, 1.165) is 12.3 Å². The maximum absolute atomic E-state index is 12.9. The van der Waals surface area contributed by atoms with Crippen molar-refractivity contribution in [1.82, 2.24) is 19.1 Å². The molecule has 2 heterocycles. The smallest absolute Gasteiger partial charge is 0.417 e. The number of ether oxygens (including phenoxy) is 2. The Labute approximate surface area is 164 Å². The van der Waals surface area contributed by atoms with Crippen molar-refractivity contribution in [3.63, 3.8) is 0 Å². The van der Waals surface area contributed by atoms with Gasteiger partial charge < -0.3 is 9.47 Å². The molecule has 0 saturated heterocycles. The fourth-order valence-electron chi connectivity index (χ4n) is 2.63. The van der Waals surface area contributed by atoms with Gasteiger partial charge in [-0.3, -0.25) is 9.30 Å². The summed E-state index contributed by atoms with van der Waals surface area (Å²) in [6, 6.07) is 9.63. The molecule has 3 rings (SSSR count). The third-order valence-corrected chi connectivity index (χ3v) is 4.49. The second-order valence-electron chi connectivity index (χ2n) is 6.15. The summed E-state index contributed by atoms with van der Waals surface area (Å²) in [7, 11) is 3.42. The minimum atomic E-state index is -4.43. The lowest BCUT2D eigenvalue weighted by atomic mass is 10.3. The zero-order valence-corrected chi connectivity index (χ0v) is 16.1. The van der Waals surface area contributed by atoms with Crippen LogP contribution in [-0.4, -0.2) is 46.4 Å². The highest BCUT2D eigenvalue weighted by atomic mass is 32.1. The van der Waals surface area contributed by atoms with Crippen LogP contribution >= 0.6 is 12.2 Å². The summed E-state index contributed by atoms with van der Waals surface area (Å²) in [6.07, 6.45) is -3.47. The van der Waals surface area contributed by atoms with E-state index in [2.05, 4.69) is 5.10 Å². The van der Waals surface area contributed by atoms with Crippen LogP contribution in [0.5, 0.6) is 11.5 Å². The predicted octanol–water partition coefficient (Wildman–Crippen LogP) is 3.86. The summed E-state index contributed by atoms with van der Waals surface area (Å²) in [6.45, 7) is 1.27. The molecule has 0 aliphatic rings. The van der Waals surface area contributed by atoms with Gasteiger partial charge in [-0.2, -0.15) is 18.3 Å². The minimum Gasteiger partial charge on any atom is -0.493 e. The van der Waals surface area contributed by atoms with Gasteiger partial charge in [-0.1, -0.05) is 12.1 Å². The number of benzene rings is 1. The SMILES string of the molecule is COc1ccccc1OCCN(C)Cn1nc2ccc(C(F)(F)F)cn2c1=S. The van der Waals surface area contributed by atoms with Gasteiger partial charge in [0.1, 0.15) is 6.61 Å². The molecule has 0 aliphatic heterocycles. The highest BCUT2D eigenvalue weighted by Crippen LogP contribution is 2.29. The topological polar surface area (TPSA) is 43.9 Å².